The van der Waals surface area contributed by atoms with Crippen LogP contribution < -0.4 is 11.1 Å². The van der Waals surface area contributed by atoms with Gasteiger partial charge in [0.2, 0.25) is 5.91 Å². The largest absolute Gasteiger partial charge is 0.383 e. The molecule has 1 unspecified atom stereocenters. The molecule has 1 atom stereocenters. The van der Waals surface area contributed by atoms with Crippen molar-refractivity contribution < 1.29 is 9.53 Å². The molecular formula is C11H17N3O2. The molecule has 0 saturated heterocycles. The first-order valence-electron chi connectivity index (χ1n) is 5.05. The third kappa shape index (κ3) is 2.77. The van der Waals surface area contributed by atoms with Gasteiger partial charge in [-0.05, 0) is 24.6 Å². The number of rotatable bonds is 6. The molecule has 88 valence electrons. The van der Waals surface area contributed by atoms with E-state index >= 15 is 0 Å². The lowest BCUT2D eigenvalue weighted by Crippen LogP contribution is -2.51. The lowest BCUT2D eigenvalue weighted by atomic mass is 9.92. The average molecular weight is 223 g/mol. The summed E-state index contributed by atoms with van der Waals surface area (Å²) in [5.74, 6) is -0.421. The summed E-state index contributed by atoms with van der Waals surface area (Å²) in [6.45, 7) is 2.83. The van der Waals surface area contributed by atoms with Crippen LogP contribution in [0.1, 0.15) is 12.5 Å². The summed E-state index contributed by atoms with van der Waals surface area (Å²) in [7, 11) is 1.61. The van der Waals surface area contributed by atoms with E-state index in [4.69, 9.17) is 10.5 Å². The topological polar surface area (TPSA) is 77.2 Å². The van der Waals surface area contributed by atoms with Crippen LogP contribution in [0, 0.1) is 0 Å². The van der Waals surface area contributed by atoms with Gasteiger partial charge in [-0.3, -0.25) is 15.1 Å². The molecule has 1 rings (SSSR count). The SMILES string of the molecule is COCCNC(C)(C(N)=O)c1ccncc1. The Morgan fingerprint density at radius 3 is 2.69 bits per heavy atom. The number of nitrogens with zero attached hydrogens (tertiary/aromatic N) is 1. The van der Waals surface area contributed by atoms with Crippen molar-refractivity contribution in [2.24, 2.45) is 5.73 Å². The van der Waals surface area contributed by atoms with Gasteiger partial charge in [0.05, 0.1) is 6.61 Å². The number of methoxy groups -OCH3 is 1. The molecule has 0 bridgehead atoms. The number of carbonyl (C=O) groups excluding carboxylic acids is 1. The van der Waals surface area contributed by atoms with E-state index in [2.05, 4.69) is 10.3 Å². The second kappa shape index (κ2) is 5.58. The maximum Gasteiger partial charge on any atom is 0.242 e. The first kappa shape index (κ1) is 12.6. The van der Waals surface area contributed by atoms with Crippen molar-refractivity contribution in [2.75, 3.05) is 20.3 Å². The predicted molar refractivity (Wildman–Crippen MR) is 60.7 cm³/mol. The van der Waals surface area contributed by atoms with Crippen molar-refractivity contribution in [2.45, 2.75) is 12.5 Å². The molecule has 5 heteroatoms. The number of carbonyl (C=O) groups is 1. The third-order valence-corrected chi connectivity index (χ3v) is 2.54. The van der Waals surface area contributed by atoms with Crippen LogP contribution in [0.2, 0.25) is 0 Å². The summed E-state index contributed by atoms with van der Waals surface area (Å²) in [4.78, 5) is 15.4. The molecule has 0 fully saturated rings. The minimum atomic E-state index is -0.887. The molecule has 5 nitrogen and oxygen atoms in total. The third-order valence-electron chi connectivity index (χ3n) is 2.54. The van der Waals surface area contributed by atoms with Crippen LogP contribution >= 0.6 is 0 Å². The van der Waals surface area contributed by atoms with Crippen LogP contribution in [0.15, 0.2) is 24.5 Å². The van der Waals surface area contributed by atoms with Crippen molar-refractivity contribution in [1.82, 2.24) is 10.3 Å². The number of ether oxygens (including phenoxy) is 1. The summed E-state index contributed by atoms with van der Waals surface area (Å²) in [5, 5.41) is 3.09. The first-order valence-corrected chi connectivity index (χ1v) is 5.05. The minimum Gasteiger partial charge on any atom is -0.383 e. The van der Waals surface area contributed by atoms with Crippen molar-refractivity contribution in [3.8, 4) is 0 Å². The summed E-state index contributed by atoms with van der Waals surface area (Å²) < 4.78 is 4.93. The molecule has 0 spiro atoms. The van der Waals surface area contributed by atoms with Crippen molar-refractivity contribution in [1.29, 1.82) is 0 Å². The van der Waals surface area contributed by atoms with Crippen molar-refractivity contribution in [3.63, 3.8) is 0 Å². The number of amides is 1. The molecule has 1 aromatic rings. The Bertz CT molecular complexity index is 342. The van der Waals surface area contributed by atoms with Gasteiger partial charge < -0.3 is 10.5 Å². The van der Waals surface area contributed by atoms with E-state index in [0.717, 1.165) is 5.56 Å². The summed E-state index contributed by atoms with van der Waals surface area (Å²) in [6.07, 6.45) is 3.27. The Balaban J connectivity index is 2.85. The highest BCUT2D eigenvalue weighted by molar-refractivity contribution is 5.85. The fourth-order valence-electron chi connectivity index (χ4n) is 1.42. The Morgan fingerprint density at radius 1 is 1.56 bits per heavy atom. The van der Waals surface area contributed by atoms with E-state index < -0.39 is 11.4 Å². The lowest BCUT2D eigenvalue weighted by Gasteiger charge is -2.27. The van der Waals surface area contributed by atoms with Crippen LogP contribution in [-0.2, 0) is 15.1 Å². The van der Waals surface area contributed by atoms with Crippen LogP contribution in [0.4, 0.5) is 0 Å². The van der Waals surface area contributed by atoms with Crippen LogP contribution in [0.25, 0.3) is 0 Å². The molecular weight excluding hydrogens is 206 g/mol. The van der Waals surface area contributed by atoms with E-state index in [1.807, 2.05) is 0 Å². The fourth-order valence-corrected chi connectivity index (χ4v) is 1.42. The standard InChI is InChI=1S/C11H17N3O2/c1-11(10(12)15,14-7-8-16-2)9-3-5-13-6-4-9/h3-6,14H,7-8H2,1-2H3,(H2,12,15). The van der Waals surface area contributed by atoms with Gasteiger partial charge in [0, 0.05) is 26.0 Å². The Morgan fingerprint density at radius 2 is 2.19 bits per heavy atom. The maximum atomic E-state index is 11.5. The lowest BCUT2D eigenvalue weighted by molar-refractivity contribution is -0.124. The second-order valence-electron chi connectivity index (χ2n) is 3.64. The zero-order valence-corrected chi connectivity index (χ0v) is 9.56. The minimum absolute atomic E-state index is 0.421. The Kier molecular flexibility index (Phi) is 4.39. The highest BCUT2D eigenvalue weighted by Gasteiger charge is 2.32. The van der Waals surface area contributed by atoms with Crippen molar-refractivity contribution >= 4 is 5.91 Å². The molecule has 1 heterocycles. The van der Waals surface area contributed by atoms with Gasteiger partial charge in [0.15, 0.2) is 0 Å². The van der Waals surface area contributed by atoms with Gasteiger partial charge in [-0.15, -0.1) is 0 Å². The molecule has 0 aliphatic heterocycles. The molecule has 0 saturated carbocycles. The number of hydrogen-bond donors (Lipinski definition) is 2. The molecule has 0 aromatic carbocycles. The summed E-state index contributed by atoms with van der Waals surface area (Å²) in [5.41, 5.74) is 5.33. The number of pyridine rings is 1. The Labute approximate surface area is 95.0 Å². The van der Waals surface area contributed by atoms with Crippen LogP contribution in [-0.4, -0.2) is 31.2 Å². The van der Waals surface area contributed by atoms with E-state index in [1.54, 1.807) is 38.6 Å². The number of aromatic nitrogens is 1. The van der Waals surface area contributed by atoms with Gasteiger partial charge in [-0.1, -0.05) is 0 Å². The number of nitrogens with one attached hydrogen (secondary N) is 1. The number of nitrogens with two attached hydrogens (primary N) is 1. The van der Waals surface area contributed by atoms with Crippen LogP contribution in [0.3, 0.4) is 0 Å². The highest BCUT2D eigenvalue weighted by atomic mass is 16.5. The zero-order valence-electron chi connectivity index (χ0n) is 9.56. The molecule has 1 aromatic heterocycles. The Hall–Kier alpha value is -1.46. The van der Waals surface area contributed by atoms with E-state index in [-0.39, 0.29) is 0 Å². The molecule has 0 aliphatic carbocycles. The fraction of sp³-hybridized carbons (Fsp3) is 0.455. The monoisotopic (exact) mass is 223 g/mol. The summed E-state index contributed by atoms with van der Waals surface area (Å²) in [6, 6.07) is 3.54. The average Bonchev–Trinajstić information content (AvgIpc) is 2.30. The van der Waals surface area contributed by atoms with E-state index in [0.29, 0.717) is 13.2 Å². The highest BCUT2D eigenvalue weighted by Crippen LogP contribution is 2.18. The maximum absolute atomic E-state index is 11.5. The molecule has 1 amide bonds. The normalized spacial score (nSPS) is 14.4. The number of hydrogen-bond acceptors (Lipinski definition) is 4. The quantitative estimate of drug-likeness (QED) is 0.666. The van der Waals surface area contributed by atoms with Gasteiger partial charge >= 0.3 is 0 Å². The zero-order chi connectivity index (χ0) is 12.0. The van der Waals surface area contributed by atoms with Crippen LogP contribution in [0.5, 0.6) is 0 Å². The second-order valence-corrected chi connectivity index (χ2v) is 3.64. The number of primary amides is 1. The van der Waals surface area contributed by atoms with Gasteiger partial charge in [0.25, 0.3) is 0 Å². The van der Waals surface area contributed by atoms with Gasteiger partial charge in [-0.25, -0.2) is 0 Å². The first-order chi connectivity index (χ1) is 7.61. The summed E-state index contributed by atoms with van der Waals surface area (Å²) >= 11 is 0. The van der Waals surface area contributed by atoms with Gasteiger partial charge in [0.1, 0.15) is 5.54 Å². The smallest absolute Gasteiger partial charge is 0.242 e. The van der Waals surface area contributed by atoms with Crippen molar-refractivity contribution in [3.05, 3.63) is 30.1 Å². The molecule has 3 N–H and O–H groups in total. The molecule has 0 aliphatic rings. The predicted octanol–water partition coefficient (Wildman–Crippen LogP) is 0.0181. The van der Waals surface area contributed by atoms with Gasteiger partial charge in [-0.2, -0.15) is 0 Å². The van der Waals surface area contributed by atoms with E-state index in [9.17, 15) is 4.79 Å². The molecule has 0 radical (unpaired) electrons. The molecule has 16 heavy (non-hydrogen) atoms. The van der Waals surface area contributed by atoms with E-state index in [1.165, 1.54) is 0 Å².